The maximum absolute atomic E-state index is 11.6. The van der Waals surface area contributed by atoms with Gasteiger partial charge in [-0.3, -0.25) is 4.79 Å². The molecule has 0 atom stereocenters. The van der Waals surface area contributed by atoms with Crippen LogP contribution in [0.15, 0.2) is 18.2 Å². The van der Waals surface area contributed by atoms with Crippen molar-refractivity contribution in [1.29, 1.82) is 0 Å². The average molecular weight is 282 g/mol. The number of hydrogen-bond donors (Lipinski definition) is 2. The van der Waals surface area contributed by atoms with Crippen molar-refractivity contribution in [2.24, 2.45) is 0 Å². The molecule has 1 amide bonds. The molecule has 20 heavy (non-hydrogen) atoms. The van der Waals surface area contributed by atoms with Gasteiger partial charge in [0.2, 0.25) is 5.91 Å². The second-order valence-electron chi connectivity index (χ2n) is 4.12. The van der Waals surface area contributed by atoms with Crippen LogP contribution in [-0.4, -0.2) is 46.9 Å². The van der Waals surface area contributed by atoms with Gasteiger partial charge in [0.25, 0.3) is 0 Å². The molecule has 0 heterocycles. The van der Waals surface area contributed by atoms with E-state index in [1.165, 1.54) is 0 Å². The zero-order chi connectivity index (χ0) is 14.8. The molecule has 0 fully saturated rings. The van der Waals surface area contributed by atoms with E-state index in [1.54, 1.807) is 33.5 Å². The quantitative estimate of drug-likeness (QED) is 0.668. The minimum atomic E-state index is -0.0594. The van der Waals surface area contributed by atoms with Crippen LogP contribution in [-0.2, 0) is 9.53 Å². The van der Waals surface area contributed by atoms with E-state index in [2.05, 4.69) is 10.6 Å². The second kappa shape index (κ2) is 9.03. The van der Waals surface area contributed by atoms with Crippen LogP contribution in [0.1, 0.15) is 6.42 Å². The molecule has 112 valence electrons. The van der Waals surface area contributed by atoms with Crippen LogP contribution in [0.2, 0.25) is 0 Å². The molecule has 0 saturated carbocycles. The summed E-state index contributed by atoms with van der Waals surface area (Å²) in [5.74, 6) is 1.22. The van der Waals surface area contributed by atoms with E-state index in [0.29, 0.717) is 24.7 Å². The van der Waals surface area contributed by atoms with Crippen LogP contribution >= 0.6 is 0 Å². The van der Waals surface area contributed by atoms with E-state index >= 15 is 0 Å². The van der Waals surface area contributed by atoms with Crippen LogP contribution in [0.4, 0.5) is 5.69 Å². The summed E-state index contributed by atoms with van der Waals surface area (Å²) in [6, 6.07) is 5.41. The van der Waals surface area contributed by atoms with Gasteiger partial charge in [0.05, 0.1) is 20.8 Å². The smallest absolute Gasteiger partial charge is 0.239 e. The molecular formula is C14H22N2O4. The molecule has 6 nitrogen and oxygen atoms in total. The topological polar surface area (TPSA) is 68.8 Å². The zero-order valence-electron chi connectivity index (χ0n) is 12.2. The van der Waals surface area contributed by atoms with Crippen LogP contribution in [0.25, 0.3) is 0 Å². The normalized spacial score (nSPS) is 9.95. The van der Waals surface area contributed by atoms with Gasteiger partial charge in [-0.2, -0.15) is 0 Å². The zero-order valence-corrected chi connectivity index (χ0v) is 12.2. The molecule has 0 aliphatic rings. The highest BCUT2D eigenvalue weighted by atomic mass is 16.5. The first-order valence-electron chi connectivity index (χ1n) is 6.42. The Hall–Kier alpha value is -1.95. The van der Waals surface area contributed by atoms with E-state index in [0.717, 1.165) is 12.1 Å². The van der Waals surface area contributed by atoms with Gasteiger partial charge in [-0.25, -0.2) is 0 Å². The van der Waals surface area contributed by atoms with E-state index in [4.69, 9.17) is 14.2 Å². The standard InChI is InChI=1S/C14H22N2O4/c1-18-8-4-7-15-14(17)10-16-11-5-6-12(19-2)13(9-11)20-3/h5-6,9,16H,4,7-8,10H2,1-3H3,(H,15,17). The molecule has 0 radical (unpaired) electrons. The number of hydrogen-bond acceptors (Lipinski definition) is 5. The summed E-state index contributed by atoms with van der Waals surface area (Å²) in [6.45, 7) is 1.46. The predicted molar refractivity (Wildman–Crippen MR) is 77.5 cm³/mol. The van der Waals surface area contributed by atoms with Gasteiger partial charge in [-0.1, -0.05) is 0 Å². The van der Waals surface area contributed by atoms with Crippen molar-refractivity contribution in [2.75, 3.05) is 46.3 Å². The Kier molecular flexibility index (Phi) is 7.27. The lowest BCUT2D eigenvalue weighted by Gasteiger charge is -2.11. The lowest BCUT2D eigenvalue weighted by Crippen LogP contribution is -2.31. The van der Waals surface area contributed by atoms with Crippen LogP contribution in [0.5, 0.6) is 11.5 Å². The van der Waals surface area contributed by atoms with Crippen molar-refractivity contribution in [3.63, 3.8) is 0 Å². The third kappa shape index (κ3) is 5.36. The highest BCUT2D eigenvalue weighted by Gasteiger charge is 2.05. The second-order valence-corrected chi connectivity index (χ2v) is 4.12. The van der Waals surface area contributed by atoms with Crippen molar-refractivity contribution >= 4 is 11.6 Å². The fraction of sp³-hybridized carbons (Fsp3) is 0.500. The van der Waals surface area contributed by atoms with Gasteiger partial charge in [0, 0.05) is 32.0 Å². The van der Waals surface area contributed by atoms with E-state index < -0.39 is 0 Å². The van der Waals surface area contributed by atoms with Crippen molar-refractivity contribution in [3.8, 4) is 11.5 Å². The first kappa shape index (κ1) is 16.1. The Morgan fingerprint density at radius 2 is 1.90 bits per heavy atom. The molecule has 0 saturated heterocycles. The largest absolute Gasteiger partial charge is 0.493 e. The maximum atomic E-state index is 11.6. The summed E-state index contributed by atoms with van der Waals surface area (Å²) in [4.78, 5) is 11.6. The Bertz CT molecular complexity index is 424. The van der Waals surface area contributed by atoms with Crippen LogP contribution in [0, 0.1) is 0 Å². The molecule has 1 aromatic carbocycles. The molecule has 6 heteroatoms. The third-order valence-corrected chi connectivity index (χ3v) is 2.68. The number of rotatable bonds is 9. The van der Waals surface area contributed by atoms with Crippen molar-refractivity contribution in [2.45, 2.75) is 6.42 Å². The van der Waals surface area contributed by atoms with Crippen LogP contribution < -0.4 is 20.1 Å². The van der Waals surface area contributed by atoms with E-state index in [1.807, 2.05) is 6.07 Å². The first-order valence-corrected chi connectivity index (χ1v) is 6.42. The molecule has 0 bridgehead atoms. The number of methoxy groups -OCH3 is 3. The van der Waals surface area contributed by atoms with Gasteiger partial charge in [-0.05, 0) is 18.6 Å². The Morgan fingerprint density at radius 1 is 1.15 bits per heavy atom. The number of ether oxygens (including phenoxy) is 3. The number of carbonyl (C=O) groups excluding carboxylic acids is 1. The van der Waals surface area contributed by atoms with Crippen molar-refractivity contribution in [1.82, 2.24) is 5.32 Å². The van der Waals surface area contributed by atoms with Gasteiger partial charge in [0.1, 0.15) is 0 Å². The van der Waals surface area contributed by atoms with E-state index in [-0.39, 0.29) is 12.5 Å². The molecule has 2 N–H and O–H groups in total. The van der Waals surface area contributed by atoms with Gasteiger partial charge < -0.3 is 24.8 Å². The van der Waals surface area contributed by atoms with Crippen molar-refractivity contribution in [3.05, 3.63) is 18.2 Å². The number of carbonyl (C=O) groups is 1. The lowest BCUT2D eigenvalue weighted by atomic mass is 10.2. The molecule has 0 aromatic heterocycles. The lowest BCUT2D eigenvalue weighted by molar-refractivity contribution is -0.119. The summed E-state index contributed by atoms with van der Waals surface area (Å²) in [5.41, 5.74) is 0.801. The first-order chi connectivity index (χ1) is 9.71. The molecule has 1 aromatic rings. The van der Waals surface area contributed by atoms with Gasteiger partial charge >= 0.3 is 0 Å². The number of benzene rings is 1. The average Bonchev–Trinajstić information content (AvgIpc) is 2.49. The highest BCUT2D eigenvalue weighted by molar-refractivity contribution is 5.80. The third-order valence-electron chi connectivity index (χ3n) is 2.68. The summed E-state index contributed by atoms with van der Waals surface area (Å²) in [6.07, 6.45) is 0.804. The molecule has 0 aliphatic carbocycles. The molecule has 0 aliphatic heterocycles. The van der Waals surface area contributed by atoms with Crippen molar-refractivity contribution < 1.29 is 19.0 Å². The molecular weight excluding hydrogens is 260 g/mol. The Morgan fingerprint density at radius 3 is 2.55 bits per heavy atom. The predicted octanol–water partition coefficient (Wildman–Crippen LogP) is 1.27. The SMILES string of the molecule is COCCCNC(=O)CNc1ccc(OC)c(OC)c1. The maximum Gasteiger partial charge on any atom is 0.239 e. The molecule has 0 spiro atoms. The van der Waals surface area contributed by atoms with Gasteiger partial charge in [-0.15, -0.1) is 0 Å². The molecule has 0 unspecified atom stereocenters. The van der Waals surface area contributed by atoms with Gasteiger partial charge in [0.15, 0.2) is 11.5 Å². The Balaban J connectivity index is 2.39. The summed E-state index contributed by atoms with van der Waals surface area (Å²) >= 11 is 0. The van der Waals surface area contributed by atoms with Crippen LogP contribution in [0.3, 0.4) is 0 Å². The summed E-state index contributed by atoms with van der Waals surface area (Å²) < 4.78 is 15.3. The minimum Gasteiger partial charge on any atom is -0.493 e. The Labute approximate surface area is 119 Å². The number of nitrogens with one attached hydrogen (secondary N) is 2. The fourth-order valence-corrected chi connectivity index (χ4v) is 1.64. The number of amides is 1. The molecule has 1 rings (SSSR count). The van der Waals surface area contributed by atoms with E-state index in [9.17, 15) is 4.79 Å². The minimum absolute atomic E-state index is 0.0594. The summed E-state index contributed by atoms with van der Waals surface area (Å²) in [5, 5.41) is 5.83. The highest BCUT2D eigenvalue weighted by Crippen LogP contribution is 2.29. The monoisotopic (exact) mass is 282 g/mol. The fourth-order valence-electron chi connectivity index (χ4n) is 1.64. The summed E-state index contributed by atoms with van der Waals surface area (Å²) in [7, 11) is 4.79. The number of anilines is 1.